The van der Waals surface area contributed by atoms with Gasteiger partial charge in [0.15, 0.2) is 0 Å². The summed E-state index contributed by atoms with van der Waals surface area (Å²) < 4.78 is 5.18. The van der Waals surface area contributed by atoms with Crippen molar-refractivity contribution in [3.05, 3.63) is 46.9 Å². The predicted octanol–water partition coefficient (Wildman–Crippen LogP) is 1.45. The van der Waals surface area contributed by atoms with Crippen molar-refractivity contribution in [3.8, 4) is 16.9 Å². The molecule has 0 saturated heterocycles. The van der Waals surface area contributed by atoms with Crippen LogP contribution >= 0.6 is 0 Å². The molecule has 0 aliphatic heterocycles. The number of H-pyrrole nitrogens is 1. The van der Waals surface area contributed by atoms with Crippen molar-refractivity contribution in [2.24, 2.45) is 0 Å². The highest BCUT2D eigenvalue weighted by molar-refractivity contribution is 5.69. The van der Waals surface area contributed by atoms with Gasteiger partial charge < -0.3 is 4.74 Å². The largest absolute Gasteiger partial charge is 0.496 e. The van der Waals surface area contributed by atoms with Gasteiger partial charge in [-0.2, -0.15) is 5.10 Å². The van der Waals surface area contributed by atoms with E-state index < -0.39 is 0 Å². The molecule has 1 aromatic carbocycles. The molecule has 0 aliphatic carbocycles. The Bertz CT molecular complexity index is 520. The van der Waals surface area contributed by atoms with E-state index in [2.05, 4.69) is 10.2 Å². The highest BCUT2D eigenvalue weighted by Gasteiger charge is 2.07. The minimum absolute atomic E-state index is 0.220. The summed E-state index contributed by atoms with van der Waals surface area (Å²) in [4.78, 5) is 11.5. The number of aromatic nitrogens is 2. The third-order valence-corrected chi connectivity index (χ3v) is 2.12. The molecule has 15 heavy (non-hydrogen) atoms. The molecule has 2 rings (SSSR count). The van der Waals surface area contributed by atoms with Crippen LogP contribution in [0.4, 0.5) is 0 Å². The van der Waals surface area contributed by atoms with Crippen LogP contribution in [0.25, 0.3) is 11.1 Å². The minimum Gasteiger partial charge on any atom is -0.496 e. The van der Waals surface area contributed by atoms with E-state index in [4.69, 9.17) is 4.74 Å². The Morgan fingerprint density at radius 2 is 2.00 bits per heavy atom. The summed E-state index contributed by atoms with van der Waals surface area (Å²) >= 11 is 0. The first-order valence-electron chi connectivity index (χ1n) is 4.50. The highest BCUT2D eigenvalue weighted by atomic mass is 16.5. The van der Waals surface area contributed by atoms with Gasteiger partial charge in [-0.15, -0.1) is 0 Å². The molecule has 0 atom stereocenters. The molecule has 0 radical (unpaired) electrons. The summed E-state index contributed by atoms with van der Waals surface area (Å²) in [5.74, 6) is 0.675. The first kappa shape index (κ1) is 9.45. The van der Waals surface area contributed by atoms with Crippen LogP contribution in [0.3, 0.4) is 0 Å². The molecule has 4 heteroatoms. The molecule has 1 N–H and O–H groups in total. The van der Waals surface area contributed by atoms with Crippen molar-refractivity contribution in [3.63, 3.8) is 0 Å². The molecule has 0 spiro atoms. The van der Waals surface area contributed by atoms with Gasteiger partial charge in [-0.05, 0) is 12.1 Å². The monoisotopic (exact) mass is 202 g/mol. The number of nitrogens with one attached hydrogen (secondary N) is 1. The van der Waals surface area contributed by atoms with Gasteiger partial charge in [0, 0.05) is 11.8 Å². The van der Waals surface area contributed by atoms with Crippen LogP contribution in [0, 0.1) is 0 Å². The Morgan fingerprint density at radius 1 is 1.20 bits per heavy atom. The number of hydrogen-bond donors (Lipinski definition) is 1. The van der Waals surface area contributed by atoms with Crippen LogP contribution in [0.15, 0.2) is 41.3 Å². The minimum atomic E-state index is -0.220. The number of ether oxygens (including phenoxy) is 1. The van der Waals surface area contributed by atoms with Gasteiger partial charge in [-0.25, -0.2) is 5.10 Å². The average Bonchev–Trinajstić information content (AvgIpc) is 2.30. The van der Waals surface area contributed by atoms with Crippen molar-refractivity contribution in [2.75, 3.05) is 7.11 Å². The van der Waals surface area contributed by atoms with Gasteiger partial charge in [0.1, 0.15) is 5.75 Å². The van der Waals surface area contributed by atoms with E-state index in [0.29, 0.717) is 11.3 Å². The van der Waals surface area contributed by atoms with Gasteiger partial charge in [-0.3, -0.25) is 4.79 Å². The van der Waals surface area contributed by atoms with E-state index in [1.807, 2.05) is 24.3 Å². The van der Waals surface area contributed by atoms with E-state index in [1.54, 1.807) is 19.4 Å². The van der Waals surface area contributed by atoms with Crippen LogP contribution in [0.5, 0.6) is 5.75 Å². The summed E-state index contributed by atoms with van der Waals surface area (Å²) in [7, 11) is 1.58. The summed E-state index contributed by atoms with van der Waals surface area (Å²) in [5.41, 5.74) is 1.10. The molecule has 0 amide bonds. The van der Waals surface area contributed by atoms with Gasteiger partial charge >= 0.3 is 0 Å². The smallest absolute Gasteiger partial charge is 0.272 e. The van der Waals surface area contributed by atoms with E-state index in [1.165, 1.54) is 0 Å². The lowest BCUT2D eigenvalue weighted by atomic mass is 10.1. The zero-order valence-corrected chi connectivity index (χ0v) is 8.23. The fraction of sp³-hybridized carbons (Fsp3) is 0.0909. The summed E-state index contributed by atoms with van der Waals surface area (Å²) in [5, 5.41) is 6.04. The molecule has 0 bridgehead atoms. The lowest BCUT2D eigenvalue weighted by molar-refractivity contribution is 0.416. The number of nitrogens with zero attached hydrogens (tertiary/aromatic N) is 1. The predicted molar refractivity (Wildman–Crippen MR) is 56.8 cm³/mol. The van der Waals surface area contributed by atoms with Crippen molar-refractivity contribution in [2.45, 2.75) is 0 Å². The van der Waals surface area contributed by atoms with Crippen LogP contribution in [-0.4, -0.2) is 17.3 Å². The maximum absolute atomic E-state index is 11.5. The van der Waals surface area contributed by atoms with Crippen LogP contribution in [0.2, 0.25) is 0 Å². The molecule has 0 fully saturated rings. The average molecular weight is 202 g/mol. The Morgan fingerprint density at radius 3 is 2.73 bits per heavy atom. The third kappa shape index (κ3) is 1.74. The molecule has 1 aromatic heterocycles. The fourth-order valence-electron chi connectivity index (χ4n) is 1.42. The quantitative estimate of drug-likeness (QED) is 0.801. The van der Waals surface area contributed by atoms with Crippen molar-refractivity contribution >= 4 is 0 Å². The van der Waals surface area contributed by atoms with Gasteiger partial charge in [0.2, 0.25) is 0 Å². The topological polar surface area (TPSA) is 55.0 Å². The first-order valence-corrected chi connectivity index (χ1v) is 4.50. The van der Waals surface area contributed by atoms with Crippen molar-refractivity contribution in [1.29, 1.82) is 0 Å². The number of methoxy groups -OCH3 is 1. The Labute approximate surface area is 86.5 Å². The second-order valence-corrected chi connectivity index (χ2v) is 3.00. The van der Waals surface area contributed by atoms with E-state index >= 15 is 0 Å². The number of benzene rings is 1. The van der Waals surface area contributed by atoms with Crippen LogP contribution < -0.4 is 10.3 Å². The molecule has 1 heterocycles. The zero-order chi connectivity index (χ0) is 10.7. The number of aromatic amines is 1. The van der Waals surface area contributed by atoms with Gasteiger partial charge in [0.25, 0.3) is 5.56 Å². The second kappa shape index (κ2) is 3.96. The van der Waals surface area contributed by atoms with E-state index in [9.17, 15) is 4.79 Å². The molecule has 76 valence electrons. The van der Waals surface area contributed by atoms with E-state index in [0.717, 1.165) is 5.56 Å². The summed E-state index contributed by atoms with van der Waals surface area (Å²) in [6.45, 7) is 0. The van der Waals surface area contributed by atoms with Crippen LogP contribution in [0.1, 0.15) is 0 Å². The van der Waals surface area contributed by atoms with Gasteiger partial charge in [-0.1, -0.05) is 18.2 Å². The number of rotatable bonds is 2. The Balaban J connectivity index is 2.64. The molecule has 0 saturated carbocycles. The third-order valence-electron chi connectivity index (χ3n) is 2.12. The molecule has 0 aliphatic rings. The molecule has 4 nitrogen and oxygen atoms in total. The standard InChI is InChI=1S/C11H10N2O2/c1-15-10-5-3-2-4-8(10)9-6-7-12-13-11(9)14/h2-7H,1H3,(H,13,14). The molecule has 2 aromatic rings. The molecular formula is C11H10N2O2. The normalized spacial score (nSPS) is 9.93. The SMILES string of the molecule is COc1ccccc1-c1ccn[nH]c1=O. The maximum Gasteiger partial charge on any atom is 0.272 e. The van der Waals surface area contributed by atoms with Crippen molar-refractivity contribution in [1.82, 2.24) is 10.2 Å². The first-order chi connectivity index (χ1) is 7.33. The molecule has 0 unspecified atom stereocenters. The Hall–Kier alpha value is -2.10. The summed E-state index contributed by atoms with van der Waals surface area (Å²) in [6, 6.07) is 9.03. The lowest BCUT2D eigenvalue weighted by Crippen LogP contribution is -2.09. The zero-order valence-electron chi connectivity index (χ0n) is 8.23. The van der Waals surface area contributed by atoms with E-state index in [-0.39, 0.29) is 5.56 Å². The second-order valence-electron chi connectivity index (χ2n) is 3.00. The van der Waals surface area contributed by atoms with Crippen molar-refractivity contribution < 1.29 is 4.74 Å². The highest BCUT2D eigenvalue weighted by Crippen LogP contribution is 2.26. The number of para-hydroxylation sites is 1. The summed E-state index contributed by atoms with van der Waals surface area (Å²) in [6.07, 6.45) is 1.54. The van der Waals surface area contributed by atoms with Crippen LogP contribution in [-0.2, 0) is 0 Å². The number of hydrogen-bond acceptors (Lipinski definition) is 3. The maximum atomic E-state index is 11.5. The fourth-order valence-corrected chi connectivity index (χ4v) is 1.42. The molecular weight excluding hydrogens is 192 g/mol. The van der Waals surface area contributed by atoms with Gasteiger partial charge in [0.05, 0.1) is 12.7 Å². The lowest BCUT2D eigenvalue weighted by Gasteiger charge is -2.06. The Kier molecular flexibility index (Phi) is 2.49.